The second-order valence-corrected chi connectivity index (χ2v) is 3.13. The summed E-state index contributed by atoms with van der Waals surface area (Å²) in [5, 5.41) is 9.46. The van der Waals surface area contributed by atoms with Crippen LogP contribution in [0, 0.1) is 0 Å². The van der Waals surface area contributed by atoms with E-state index in [1.54, 1.807) is 18.2 Å². The SMILES string of the molecule is COc1cccc2cc(C(=O)O)oc(=O)c12. The molecular formula is C11H8O5. The molecule has 0 bridgehead atoms. The lowest BCUT2D eigenvalue weighted by Gasteiger charge is -2.03. The molecule has 0 saturated heterocycles. The Bertz CT molecular complexity index is 611. The highest BCUT2D eigenvalue weighted by atomic mass is 16.5. The molecule has 0 aliphatic rings. The van der Waals surface area contributed by atoms with Crippen LogP contribution in [-0.2, 0) is 0 Å². The molecule has 1 heterocycles. The van der Waals surface area contributed by atoms with E-state index in [1.165, 1.54) is 13.2 Å². The molecule has 0 radical (unpaired) electrons. The Labute approximate surface area is 89.9 Å². The van der Waals surface area contributed by atoms with Crippen molar-refractivity contribution in [2.24, 2.45) is 0 Å². The van der Waals surface area contributed by atoms with Crippen molar-refractivity contribution in [1.82, 2.24) is 0 Å². The number of carbonyl (C=O) groups is 1. The maximum atomic E-state index is 11.6. The molecule has 2 rings (SSSR count). The van der Waals surface area contributed by atoms with Crippen molar-refractivity contribution >= 4 is 16.7 Å². The number of benzene rings is 1. The molecule has 2 aromatic rings. The van der Waals surface area contributed by atoms with Crippen molar-refractivity contribution in [3.05, 3.63) is 40.4 Å². The van der Waals surface area contributed by atoms with Crippen LogP contribution in [0.2, 0.25) is 0 Å². The van der Waals surface area contributed by atoms with Gasteiger partial charge in [-0.2, -0.15) is 0 Å². The second-order valence-electron chi connectivity index (χ2n) is 3.13. The van der Waals surface area contributed by atoms with Crippen molar-refractivity contribution in [1.29, 1.82) is 0 Å². The second kappa shape index (κ2) is 3.69. The van der Waals surface area contributed by atoms with Crippen LogP contribution in [0.4, 0.5) is 0 Å². The van der Waals surface area contributed by atoms with Gasteiger partial charge in [-0.15, -0.1) is 0 Å². The van der Waals surface area contributed by atoms with E-state index in [1.807, 2.05) is 0 Å². The Morgan fingerprint density at radius 3 is 2.81 bits per heavy atom. The Hall–Kier alpha value is -2.30. The van der Waals surface area contributed by atoms with E-state index in [9.17, 15) is 9.59 Å². The molecule has 0 spiro atoms. The lowest BCUT2D eigenvalue weighted by Crippen LogP contribution is -2.07. The molecule has 1 aromatic heterocycles. The molecule has 0 fully saturated rings. The summed E-state index contributed by atoms with van der Waals surface area (Å²) in [7, 11) is 1.43. The number of carboxylic acid groups (broad SMARTS) is 1. The smallest absolute Gasteiger partial charge is 0.371 e. The summed E-state index contributed by atoms with van der Waals surface area (Å²) in [5.41, 5.74) is -0.715. The molecule has 1 aromatic carbocycles. The Morgan fingerprint density at radius 2 is 2.19 bits per heavy atom. The van der Waals surface area contributed by atoms with Gasteiger partial charge in [0.25, 0.3) is 0 Å². The van der Waals surface area contributed by atoms with Gasteiger partial charge in [-0.1, -0.05) is 12.1 Å². The first-order valence-electron chi connectivity index (χ1n) is 4.47. The van der Waals surface area contributed by atoms with Gasteiger partial charge in [0.05, 0.1) is 7.11 Å². The lowest BCUT2D eigenvalue weighted by atomic mass is 10.1. The van der Waals surface area contributed by atoms with E-state index in [-0.39, 0.29) is 11.1 Å². The number of aromatic carboxylic acids is 1. The Kier molecular flexibility index (Phi) is 2.36. The molecule has 0 aliphatic heterocycles. The zero-order chi connectivity index (χ0) is 11.7. The van der Waals surface area contributed by atoms with Gasteiger partial charge in [0.1, 0.15) is 11.1 Å². The highest BCUT2D eigenvalue weighted by Gasteiger charge is 2.13. The zero-order valence-electron chi connectivity index (χ0n) is 8.39. The Morgan fingerprint density at radius 1 is 1.44 bits per heavy atom. The van der Waals surface area contributed by atoms with Crippen LogP contribution < -0.4 is 10.4 Å². The van der Waals surface area contributed by atoms with E-state index in [2.05, 4.69) is 4.42 Å². The van der Waals surface area contributed by atoms with Crippen LogP contribution >= 0.6 is 0 Å². The number of carboxylic acids is 1. The fourth-order valence-corrected chi connectivity index (χ4v) is 1.48. The number of fused-ring (bicyclic) bond motifs is 1. The maximum absolute atomic E-state index is 11.6. The molecule has 0 unspecified atom stereocenters. The van der Waals surface area contributed by atoms with Crippen molar-refractivity contribution in [2.45, 2.75) is 0 Å². The highest BCUT2D eigenvalue weighted by molar-refractivity contribution is 5.93. The van der Waals surface area contributed by atoms with Crippen LogP contribution in [0.1, 0.15) is 10.6 Å². The molecule has 5 heteroatoms. The Balaban J connectivity index is 2.86. The van der Waals surface area contributed by atoms with Crippen LogP contribution in [-0.4, -0.2) is 18.2 Å². The molecule has 0 atom stereocenters. The molecule has 16 heavy (non-hydrogen) atoms. The molecule has 0 amide bonds. The minimum absolute atomic E-state index is 0.245. The predicted octanol–water partition coefficient (Wildman–Crippen LogP) is 1.50. The summed E-state index contributed by atoms with van der Waals surface area (Å²) < 4.78 is 9.66. The summed E-state index contributed by atoms with van der Waals surface area (Å²) in [4.78, 5) is 22.3. The van der Waals surface area contributed by atoms with Crippen molar-refractivity contribution < 1.29 is 19.1 Å². The quantitative estimate of drug-likeness (QED) is 0.829. The standard InChI is InChI=1S/C11H8O5/c1-15-7-4-2-3-6-5-8(10(12)13)16-11(14)9(6)7/h2-5H,1H3,(H,12,13). The zero-order valence-corrected chi connectivity index (χ0v) is 8.39. The molecule has 0 aliphatic carbocycles. The normalized spacial score (nSPS) is 10.3. The average molecular weight is 220 g/mol. The largest absolute Gasteiger partial charge is 0.496 e. The number of hydrogen-bond donors (Lipinski definition) is 1. The number of methoxy groups -OCH3 is 1. The lowest BCUT2D eigenvalue weighted by molar-refractivity contribution is 0.0658. The van der Waals surface area contributed by atoms with Crippen LogP contribution in [0.15, 0.2) is 33.5 Å². The van der Waals surface area contributed by atoms with Gasteiger partial charge in [-0.3, -0.25) is 0 Å². The van der Waals surface area contributed by atoms with E-state index in [0.29, 0.717) is 11.1 Å². The van der Waals surface area contributed by atoms with Crippen molar-refractivity contribution in [3.8, 4) is 5.75 Å². The van der Waals surface area contributed by atoms with Gasteiger partial charge in [0, 0.05) is 0 Å². The third kappa shape index (κ3) is 1.52. The molecule has 5 nitrogen and oxygen atoms in total. The van der Waals surface area contributed by atoms with E-state index >= 15 is 0 Å². The van der Waals surface area contributed by atoms with Crippen LogP contribution in [0.5, 0.6) is 5.75 Å². The minimum atomic E-state index is -1.28. The molecular weight excluding hydrogens is 212 g/mol. The summed E-state index contributed by atoms with van der Waals surface area (Å²) >= 11 is 0. The summed E-state index contributed by atoms with van der Waals surface area (Å²) in [6.45, 7) is 0. The summed E-state index contributed by atoms with van der Waals surface area (Å²) in [5.74, 6) is -1.30. The third-order valence-electron chi connectivity index (χ3n) is 2.18. The molecule has 82 valence electrons. The minimum Gasteiger partial charge on any atom is -0.496 e. The van der Waals surface area contributed by atoms with E-state index in [0.717, 1.165) is 0 Å². The van der Waals surface area contributed by atoms with Gasteiger partial charge in [0.15, 0.2) is 0 Å². The first kappa shape index (κ1) is 10.2. The van der Waals surface area contributed by atoms with Gasteiger partial charge >= 0.3 is 11.6 Å². The molecule has 0 saturated carbocycles. The van der Waals surface area contributed by atoms with Crippen LogP contribution in [0.25, 0.3) is 10.8 Å². The first-order valence-corrected chi connectivity index (χ1v) is 4.47. The van der Waals surface area contributed by atoms with E-state index in [4.69, 9.17) is 9.84 Å². The maximum Gasteiger partial charge on any atom is 0.371 e. The predicted molar refractivity (Wildman–Crippen MR) is 56.0 cm³/mol. The van der Waals surface area contributed by atoms with Gasteiger partial charge in [-0.25, -0.2) is 9.59 Å². The fraction of sp³-hybridized carbons (Fsp3) is 0.0909. The highest BCUT2D eigenvalue weighted by Crippen LogP contribution is 2.22. The van der Waals surface area contributed by atoms with E-state index < -0.39 is 11.6 Å². The number of hydrogen-bond acceptors (Lipinski definition) is 4. The summed E-state index contributed by atoms with van der Waals surface area (Å²) in [6, 6.07) is 6.20. The third-order valence-corrected chi connectivity index (χ3v) is 2.18. The topological polar surface area (TPSA) is 76.7 Å². The van der Waals surface area contributed by atoms with Crippen molar-refractivity contribution in [3.63, 3.8) is 0 Å². The number of ether oxygens (including phenoxy) is 1. The average Bonchev–Trinajstić information content (AvgIpc) is 2.27. The van der Waals surface area contributed by atoms with Crippen molar-refractivity contribution in [2.75, 3.05) is 7.11 Å². The van der Waals surface area contributed by atoms with Gasteiger partial charge < -0.3 is 14.3 Å². The monoisotopic (exact) mass is 220 g/mol. The number of rotatable bonds is 2. The summed E-state index contributed by atoms with van der Waals surface area (Å²) in [6.07, 6.45) is 0. The van der Waals surface area contributed by atoms with Gasteiger partial charge in [0.2, 0.25) is 5.76 Å². The fourth-order valence-electron chi connectivity index (χ4n) is 1.48. The van der Waals surface area contributed by atoms with Crippen LogP contribution in [0.3, 0.4) is 0 Å². The van der Waals surface area contributed by atoms with Gasteiger partial charge in [-0.05, 0) is 17.5 Å². The first-order chi connectivity index (χ1) is 7.63. The molecule has 1 N–H and O–H groups in total.